The van der Waals surface area contributed by atoms with Crippen molar-refractivity contribution in [1.29, 1.82) is 0 Å². The van der Waals surface area contributed by atoms with Gasteiger partial charge in [0, 0.05) is 6.04 Å². The zero-order chi connectivity index (χ0) is 7.40. The van der Waals surface area contributed by atoms with Crippen molar-refractivity contribution >= 4 is 6.72 Å². The number of hydrogen-bond donors (Lipinski definition) is 1. The average molecular weight is 140 g/mol. The second-order valence-corrected chi connectivity index (χ2v) is 3.10. The van der Waals surface area contributed by atoms with Crippen LogP contribution in [0.5, 0.6) is 0 Å². The molecule has 0 spiro atoms. The quantitative estimate of drug-likeness (QED) is 0.575. The van der Waals surface area contributed by atoms with E-state index in [1.807, 2.05) is 0 Å². The highest BCUT2D eigenvalue weighted by molar-refractivity contribution is 5.24. The van der Waals surface area contributed by atoms with Crippen LogP contribution in [0.15, 0.2) is 4.99 Å². The van der Waals surface area contributed by atoms with Gasteiger partial charge in [-0.05, 0) is 38.4 Å². The van der Waals surface area contributed by atoms with Crippen LogP contribution in [0.2, 0.25) is 0 Å². The summed E-state index contributed by atoms with van der Waals surface area (Å²) in [5.74, 6) is 0.712. The molecule has 0 aromatic carbocycles. The number of aliphatic imine (C=N–C) groups is 1. The van der Waals surface area contributed by atoms with Crippen LogP contribution in [0.1, 0.15) is 25.7 Å². The smallest absolute Gasteiger partial charge is 0.0495 e. The fraction of sp³-hybridized carbons (Fsp3) is 0.875. The molecule has 0 aliphatic heterocycles. The number of rotatable bonds is 2. The van der Waals surface area contributed by atoms with E-state index in [9.17, 15) is 0 Å². The van der Waals surface area contributed by atoms with Crippen LogP contribution in [0, 0.1) is 5.92 Å². The van der Waals surface area contributed by atoms with E-state index in [1.54, 1.807) is 0 Å². The zero-order valence-corrected chi connectivity index (χ0v) is 6.42. The molecule has 1 rings (SSSR count). The van der Waals surface area contributed by atoms with Crippen molar-refractivity contribution in [3.63, 3.8) is 0 Å². The Morgan fingerprint density at radius 1 is 1.50 bits per heavy atom. The summed E-state index contributed by atoms with van der Waals surface area (Å²) in [4.78, 5) is 4.04. The van der Waals surface area contributed by atoms with Crippen LogP contribution in [-0.4, -0.2) is 19.3 Å². The van der Waals surface area contributed by atoms with Crippen molar-refractivity contribution in [2.75, 3.05) is 6.54 Å². The van der Waals surface area contributed by atoms with E-state index in [2.05, 4.69) is 11.7 Å². The van der Waals surface area contributed by atoms with Crippen LogP contribution in [0.4, 0.5) is 0 Å². The van der Waals surface area contributed by atoms with E-state index in [-0.39, 0.29) is 0 Å². The van der Waals surface area contributed by atoms with Gasteiger partial charge >= 0.3 is 0 Å². The molecule has 0 aromatic heterocycles. The highest BCUT2D eigenvalue weighted by Gasteiger charge is 2.18. The SMILES string of the molecule is C=NC1CCCC(CN)C1. The van der Waals surface area contributed by atoms with Crippen molar-refractivity contribution < 1.29 is 0 Å². The molecule has 1 saturated carbocycles. The second kappa shape index (κ2) is 3.71. The maximum atomic E-state index is 5.56. The van der Waals surface area contributed by atoms with Gasteiger partial charge < -0.3 is 5.73 Å². The van der Waals surface area contributed by atoms with E-state index in [0.717, 1.165) is 6.54 Å². The van der Waals surface area contributed by atoms with E-state index in [0.29, 0.717) is 12.0 Å². The Labute approximate surface area is 62.5 Å². The largest absolute Gasteiger partial charge is 0.330 e. The number of hydrogen-bond acceptors (Lipinski definition) is 2. The van der Waals surface area contributed by atoms with Gasteiger partial charge in [0.05, 0.1) is 0 Å². The Bertz CT molecular complexity index is 112. The summed E-state index contributed by atoms with van der Waals surface area (Å²) in [6.07, 6.45) is 4.97. The Kier molecular flexibility index (Phi) is 2.87. The summed E-state index contributed by atoms with van der Waals surface area (Å²) in [6, 6.07) is 0.502. The third-order valence-electron chi connectivity index (χ3n) is 2.35. The molecule has 2 atom stereocenters. The molecule has 0 aromatic rings. The molecule has 2 nitrogen and oxygen atoms in total. The lowest BCUT2D eigenvalue weighted by molar-refractivity contribution is 0.331. The summed E-state index contributed by atoms with van der Waals surface area (Å²) in [7, 11) is 0. The molecule has 1 aliphatic carbocycles. The Morgan fingerprint density at radius 2 is 2.30 bits per heavy atom. The molecule has 1 fully saturated rings. The predicted octanol–water partition coefficient (Wildman–Crippen LogP) is 1.20. The zero-order valence-electron chi connectivity index (χ0n) is 6.42. The summed E-state index contributed by atoms with van der Waals surface area (Å²) >= 11 is 0. The first-order chi connectivity index (χ1) is 4.86. The standard InChI is InChI=1S/C8H16N2/c1-10-8-4-2-3-7(5-8)6-9/h7-8H,1-6,9H2. The molecule has 10 heavy (non-hydrogen) atoms. The molecule has 0 heterocycles. The minimum Gasteiger partial charge on any atom is -0.330 e. The van der Waals surface area contributed by atoms with E-state index >= 15 is 0 Å². The Hall–Kier alpha value is -0.370. The normalized spacial score (nSPS) is 33.7. The van der Waals surface area contributed by atoms with E-state index in [4.69, 9.17) is 5.73 Å². The maximum Gasteiger partial charge on any atom is 0.0495 e. The average Bonchev–Trinajstić information content (AvgIpc) is 2.05. The molecule has 0 amide bonds. The van der Waals surface area contributed by atoms with E-state index < -0.39 is 0 Å². The highest BCUT2D eigenvalue weighted by atomic mass is 14.8. The van der Waals surface area contributed by atoms with Crippen molar-refractivity contribution in [3.8, 4) is 0 Å². The van der Waals surface area contributed by atoms with Gasteiger partial charge in [-0.2, -0.15) is 0 Å². The fourth-order valence-corrected chi connectivity index (χ4v) is 1.64. The van der Waals surface area contributed by atoms with Gasteiger partial charge in [0.2, 0.25) is 0 Å². The van der Waals surface area contributed by atoms with Gasteiger partial charge in [-0.1, -0.05) is 6.42 Å². The van der Waals surface area contributed by atoms with Crippen molar-refractivity contribution in [2.45, 2.75) is 31.7 Å². The minimum atomic E-state index is 0.502. The molecule has 0 radical (unpaired) electrons. The third kappa shape index (κ3) is 1.81. The minimum absolute atomic E-state index is 0.502. The van der Waals surface area contributed by atoms with Gasteiger partial charge in [0.1, 0.15) is 0 Å². The molecular weight excluding hydrogens is 124 g/mol. The maximum absolute atomic E-state index is 5.56. The number of nitrogens with two attached hydrogens (primary N) is 1. The number of nitrogens with zero attached hydrogens (tertiary/aromatic N) is 1. The van der Waals surface area contributed by atoms with Gasteiger partial charge in [-0.3, -0.25) is 4.99 Å². The van der Waals surface area contributed by atoms with Crippen LogP contribution >= 0.6 is 0 Å². The molecule has 2 unspecified atom stereocenters. The summed E-state index contributed by atoms with van der Waals surface area (Å²) in [6.45, 7) is 4.39. The lowest BCUT2D eigenvalue weighted by atomic mass is 9.86. The Balaban J connectivity index is 2.31. The Morgan fingerprint density at radius 3 is 2.90 bits per heavy atom. The van der Waals surface area contributed by atoms with Crippen LogP contribution in [0.3, 0.4) is 0 Å². The topological polar surface area (TPSA) is 38.4 Å². The summed E-state index contributed by atoms with van der Waals surface area (Å²) < 4.78 is 0. The molecule has 0 saturated heterocycles. The fourth-order valence-electron chi connectivity index (χ4n) is 1.64. The monoisotopic (exact) mass is 140 g/mol. The molecule has 58 valence electrons. The molecule has 2 N–H and O–H groups in total. The highest BCUT2D eigenvalue weighted by Crippen LogP contribution is 2.24. The van der Waals surface area contributed by atoms with Crippen molar-refractivity contribution in [1.82, 2.24) is 0 Å². The predicted molar refractivity (Wildman–Crippen MR) is 44.3 cm³/mol. The summed E-state index contributed by atoms with van der Waals surface area (Å²) in [5, 5.41) is 0. The molecule has 1 aliphatic rings. The second-order valence-electron chi connectivity index (χ2n) is 3.10. The van der Waals surface area contributed by atoms with Crippen molar-refractivity contribution in [3.05, 3.63) is 0 Å². The summed E-state index contributed by atoms with van der Waals surface area (Å²) in [5.41, 5.74) is 5.56. The first-order valence-electron chi connectivity index (χ1n) is 4.02. The van der Waals surface area contributed by atoms with Crippen LogP contribution < -0.4 is 5.73 Å². The lowest BCUT2D eigenvalue weighted by Gasteiger charge is -2.24. The van der Waals surface area contributed by atoms with Gasteiger partial charge in [0.25, 0.3) is 0 Å². The third-order valence-corrected chi connectivity index (χ3v) is 2.35. The first kappa shape index (κ1) is 7.73. The van der Waals surface area contributed by atoms with Crippen LogP contribution in [-0.2, 0) is 0 Å². The first-order valence-corrected chi connectivity index (χ1v) is 4.02. The van der Waals surface area contributed by atoms with Gasteiger partial charge in [-0.25, -0.2) is 0 Å². The van der Waals surface area contributed by atoms with E-state index in [1.165, 1.54) is 25.7 Å². The van der Waals surface area contributed by atoms with Gasteiger partial charge in [0.15, 0.2) is 0 Å². The van der Waals surface area contributed by atoms with Gasteiger partial charge in [-0.15, -0.1) is 0 Å². The molecule has 0 bridgehead atoms. The molecular formula is C8H16N2. The van der Waals surface area contributed by atoms with Crippen LogP contribution in [0.25, 0.3) is 0 Å². The van der Waals surface area contributed by atoms with Crippen molar-refractivity contribution in [2.24, 2.45) is 16.6 Å². The lowest BCUT2D eigenvalue weighted by Crippen LogP contribution is -2.24. The molecule has 2 heteroatoms.